The van der Waals surface area contributed by atoms with Gasteiger partial charge in [0.05, 0.1) is 20.8 Å². The van der Waals surface area contributed by atoms with Gasteiger partial charge in [0, 0.05) is 17.4 Å². The van der Waals surface area contributed by atoms with Gasteiger partial charge in [0.15, 0.2) is 11.5 Å². The van der Waals surface area contributed by atoms with E-state index in [0.29, 0.717) is 33.5 Å². The molecule has 9 heteroatoms. The van der Waals surface area contributed by atoms with Gasteiger partial charge in [-0.3, -0.25) is 14.2 Å². The van der Waals surface area contributed by atoms with Crippen LogP contribution in [0.5, 0.6) is 17.2 Å². The highest BCUT2D eigenvalue weighted by Crippen LogP contribution is 2.30. The average Bonchev–Trinajstić information content (AvgIpc) is 3.03. The molecule has 3 aromatic rings. The van der Waals surface area contributed by atoms with Gasteiger partial charge in [-0.2, -0.15) is 0 Å². The predicted molar refractivity (Wildman–Crippen MR) is 113 cm³/mol. The molecule has 0 aliphatic heterocycles. The highest BCUT2D eigenvalue weighted by Gasteiger charge is 2.18. The first-order valence-electron chi connectivity index (χ1n) is 9.05. The monoisotopic (exact) mass is 432 g/mol. The number of rotatable bonds is 8. The van der Waals surface area contributed by atoms with Gasteiger partial charge >= 0.3 is 4.87 Å². The molecule has 7 nitrogen and oxygen atoms in total. The van der Waals surface area contributed by atoms with Crippen molar-refractivity contribution >= 4 is 22.9 Å². The summed E-state index contributed by atoms with van der Waals surface area (Å²) in [7, 11) is 3.03. The van der Waals surface area contributed by atoms with Crippen molar-refractivity contribution in [1.29, 1.82) is 0 Å². The van der Waals surface area contributed by atoms with Crippen LogP contribution in [0.25, 0.3) is 0 Å². The molecule has 1 amide bonds. The van der Waals surface area contributed by atoms with Crippen molar-refractivity contribution in [3.05, 3.63) is 68.5 Å². The van der Waals surface area contributed by atoms with Gasteiger partial charge in [-0.25, -0.2) is 4.39 Å². The molecular weight excluding hydrogens is 411 g/mol. The number of nitrogens with zero attached hydrogens (tertiary/aromatic N) is 1. The highest BCUT2D eigenvalue weighted by molar-refractivity contribution is 7.11. The topological polar surface area (TPSA) is 78.8 Å². The zero-order valence-electron chi connectivity index (χ0n) is 16.7. The molecule has 0 fully saturated rings. The standard InChI is InChI=1S/C21H21FN2O5S/c1-13-19(20(25)23-15-6-9-17(27-2)18(12-15)28-3)30-21(26)24(13)10-11-29-16-7-4-14(22)5-8-16/h4-9,12H,10-11H2,1-3H3,(H,23,25). The molecule has 1 heterocycles. The maximum atomic E-state index is 12.9. The summed E-state index contributed by atoms with van der Waals surface area (Å²) in [5, 5.41) is 2.77. The van der Waals surface area contributed by atoms with E-state index >= 15 is 0 Å². The summed E-state index contributed by atoms with van der Waals surface area (Å²) in [6, 6.07) is 10.6. The fourth-order valence-electron chi connectivity index (χ4n) is 2.83. The third-order valence-corrected chi connectivity index (χ3v) is 5.47. The third-order valence-electron chi connectivity index (χ3n) is 4.39. The molecule has 0 spiro atoms. The second-order valence-corrected chi connectivity index (χ2v) is 7.22. The number of methoxy groups -OCH3 is 2. The number of carbonyl (C=O) groups is 1. The number of benzene rings is 2. The van der Waals surface area contributed by atoms with Crippen molar-refractivity contribution in [2.24, 2.45) is 0 Å². The average molecular weight is 432 g/mol. The maximum absolute atomic E-state index is 12.9. The van der Waals surface area contributed by atoms with Crippen LogP contribution in [0, 0.1) is 12.7 Å². The molecule has 2 aromatic carbocycles. The predicted octanol–water partition coefficient (Wildman–Crippen LogP) is 3.71. The molecule has 158 valence electrons. The van der Waals surface area contributed by atoms with E-state index in [0.717, 1.165) is 11.3 Å². The van der Waals surface area contributed by atoms with Crippen LogP contribution in [0.15, 0.2) is 47.3 Å². The van der Waals surface area contributed by atoms with Crippen molar-refractivity contribution in [1.82, 2.24) is 4.57 Å². The number of carbonyl (C=O) groups excluding carboxylic acids is 1. The summed E-state index contributed by atoms with van der Waals surface area (Å²) >= 11 is 0.868. The molecule has 0 saturated heterocycles. The Balaban J connectivity index is 1.69. The van der Waals surface area contributed by atoms with Crippen molar-refractivity contribution < 1.29 is 23.4 Å². The number of aromatic nitrogens is 1. The van der Waals surface area contributed by atoms with Gasteiger partial charge in [0.1, 0.15) is 23.1 Å². The van der Waals surface area contributed by atoms with Crippen LogP contribution in [0.4, 0.5) is 10.1 Å². The number of halogens is 1. The third kappa shape index (κ3) is 4.80. The summed E-state index contributed by atoms with van der Waals surface area (Å²) in [5.41, 5.74) is 1.06. The van der Waals surface area contributed by atoms with Crippen LogP contribution in [-0.4, -0.2) is 31.3 Å². The Morgan fingerprint density at radius 2 is 1.80 bits per heavy atom. The molecule has 1 N–H and O–H groups in total. The van der Waals surface area contributed by atoms with E-state index in [2.05, 4.69) is 5.32 Å². The Hall–Kier alpha value is -3.33. The minimum absolute atomic E-state index is 0.208. The maximum Gasteiger partial charge on any atom is 0.308 e. The van der Waals surface area contributed by atoms with E-state index in [1.54, 1.807) is 25.1 Å². The van der Waals surface area contributed by atoms with Crippen LogP contribution in [0.1, 0.15) is 15.4 Å². The molecule has 30 heavy (non-hydrogen) atoms. The fourth-order valence-corrected chi connectivity index (χ4v) is 3.75. The number of thiazole rings is 1. The van der Waals surface area contributed by atoms with E-state index in [9.17, 15) is 14.0 Å². The number of hydrogen-bond donors (Lipinski definition) is 1. The second kappa shape index (κ2) is 9.45. The molecular formula is C21H21FN2O5S. The van der Waals surface area contributed by atoms with E-state index < -0.39 is 0 Å². The highest BCUT2D eigenvalue weighted by atomic mass is 32.1. The van der Waals surface area contributed by atoms with E-state index in [-0.39, 0.29) is 29.7 Å². The summed E-state index contributed by atoms with van der Waals surface area (Å²) in [5.74, 6) is 0.792. The van der Waals surface area contributed by atoms with Gasteiger partial charge in [-0.1, -0.05) is 11.3 Å². The number of anilines is 1. The Bertz CT molecular complexity index is 1090. The molecule has 3 rings (SSSR count). The second-order valence-electron chi connectivity index (χ2n) is 6.26. The van der Waals surface area contributed by atoms with Gasteiger partial charge in [0.2, 0.25) is 0 Å². The molecule has 0 bridgehead atoms. The van der Waals surface area contributed by atoms with Crippen molar-refractivity contribution in [3.63, 3.8) is 0 Å². The summed E-state index contributed by atoms with van der Waals surface area (Å²) < 4.78 is 30.4. The fraction of sp³-hybridized carbons (Fsp3) is 0.238. The minimum atomic E-state index is -0.389. The van der Waals surface area contributed by atoms with E-state index in [1.165, 1.54) is 43.1 Å². The zero-order valence-corrected chi connectivity index (χ0v) is 17.5. The molecule has 0 aliphatic carbocycles. The SMILES string of the molecule is COc1ccc(NC(=O)c2sc(=O)n(CCOc3ccc(F)cc3)c2C)cc1OC. The van der Waals surface area contributed by atoms with Crippen LogP contribution in [-0.2, 0) is 6.54 Å². The Labute approximate surface area is 176 Å². The lowest BCUT2D eigenvalue weighted by Crippen LogP contribution is -2.19. The Kier molecular flexibility index (Phi) is 6.73. The first-order valence-corrected chi connectivity index (χ1v) is 9.86. The lowest BCUT2D eigenvalue weighted by Gasteiger charge is -2.11. The number of ether oxygens (including phenoxy) is 3. The summed E-state index contributed by atoms with van der Waals surface area (Å²) in [4.78, 5) is 25.1. The van der Waals surface area contributed by atoms with E-state index in [1.807, 2.05) is 0 Å². The molecule has 0 aliphatic rings. The van der Waals surface area contributed by atoms with Gasteiger partial charge in [0.25, 0.3) is 5.91 Å². The molecule has 0 unspecified atom stereocenters. The van der Waals surface area contributed by atoms with Crippen molar-refractivity contribution in [2.75, 3.05) is 26.1 Å². The van der Waals surface area contributed by atoms with E-state index in [4.69, 9.17) is 14.2 Å². The summed E-state index contributed by atoms with van der Waals surface area (Å²) in [6.45, 7) is 2.18. The minimum Gasteiger partial charge on any atom is -0.493 e. The number of nitrogens with one attached hydrogen (secondary N) is 1. The quantitative estimate of drug-likeness (QED) is 0.587. The van der Waals surface area contributed by atoms with Gasteiger partial charge in [-0.15, -0.1) is 0 Å². The zero-order chi connectivity index (χ0) is 21.7. The molecule has 0 saturated carbocycles. The van der Waals surface area contributed by atoms with Crippen LogP contribution in [0.2, 0.25) is 0 Å². The largest absolute Gasteiger partial charge is 0.493 e. The molecule has 1 aromatic heterocycles. The summed E-state index contributed by atoms with van der Waals surface area (Å²) in [6.07, 6.45) is 0. The normalized spacial score (nSPS) is 10.5. The molecule has 0 radical (unpaired) electrons. The van der Waals surface area contributed by atoms with Crippen molar-refractivity contribution in [2.45, 2.75) is 13.5 Å². The first kappa shape index (κ1) is 21.4. The Morgan fingerprint density at radius 3 is 2.47 bits per heavy atom. The van der Waals surface area contributed by atoms with Crippen molar-refractivity contribution in [3.8, 4) is 17.2 Å². The molecule has 0 atom stereocenters. The van der Waals surface area contributed by atoms with Crippen LogP contribution in [0.3, 0.4) is 0 Å². The number of hydrogen-bond acceptors (Lipinski definition) is 6. The number of amides is 1. The smallest absolute Gasteiger partial charge is 0.308 e. The lowest BCUT2D eigenvalue weighted by molar-refractivity contribution is 0.102. The van der Waals surface area contributed by atoms with Crippen LogP contribution < -0.4 is 24.4 Å². The van der Waals surface area contributed by atoms with Gasteiger partial charge in [-0.05, 0) is 43.3 Å². The Morgan fingerprint density at radius 1 is 1.10 bits per heavy atom. The van der Waals surface area contributed by atoms with Crippen LogP contribution >= 0.6 is 11.3 Å². The van der Waals surface area contributed by atoms with Gasteiger partial charge < -0.3 is 19.5 Å². The first-order chi connectivity index (χ1) is 14.4. The lowest BCUT2D eigenvalue weighted by atomic mass is 10.2.